The molecule has 1 heterocycles. The van der Waals surface area contributed by atoms with Gasteiger partial charge < -0.3 is 15.1 Å². The Morgan fingerprint density at radius 3 is 1.59 bits per heavy atom. The number of amides is 1. The molecule has 0 atom stereocenters. The highest BCUT2D eigenvalue weighted by atomic mass is 32.2. The van der Waals surface area contributed by atoms with Crippen molar-refractivity contribution in [3.8, 4) is 0 Å². The summed E-state index contributed by atoms with van der Waals surface area (Å²) in [6, 6.07) is 5.30. The lowest BCUT2D eigenvalue weighted by atomic mass is 10.3. The number of benzene rings is 1. The highest BCUT2D eigenvalue weighted by Crippen LogP contribution is 2.21. The van der Waals surface area contributed by atoms with Gasteiger partial charge >= 0.3 is 11.9 Å². The Labute approximate surface area is 187 Å². The minimum atomic E-state index is -3.72. The van der Waals surface area contributed by atoms with Crippen molar-refractivity contribution >= 4 is 37.9 Å². The minimum Gasteiger partial charge on any atom is -0.473 e. The number of carbonyl (C=O) groups excluding carboxylic acids is 1. The maximum Gasteiger partial charge on any atom is 0.414 e. The normalized spacial score (nSPS) is 15.1. The summed E-state index contributed by atoms with van der Waals surface area (Å²) in [7, 11) is -7.34. The van der Waals surface area contributed by atoms with Gasteiger partial charge in [-0.05, 0) is 24.3 Å². The number of nitrogens with zero attached hydrogens (tertiary/aromatic N) is 3. The standard InChI is InChI=1S/C16H25N3O5S2.C2H2O4/c1-4-18(5-2)25(21,22)15-6-8-16(9-7-15)26(23,24)19-12-10-17(11-13-19)14(3)20;3-1(4)2(5)6/h6-9H,4-5,10-13H2,1-3H3;(H,3,4)(H,5,6). The summed E-state index contributed by atoms with van der Waals surface area (Å²) >= 11 is 0. The van der Waals surface area contributed by atoms with Gasteiger partial charge in [-0.15, -0.1) is 0 Å². The molecule has 14 heteroatoms. The van der Waals surface area contributed by atoms with Crippen molar-refractivity contribution in [1.29, 1.82) is 0 Å². The maximum absolute atomic E-state index is 12.7. The summed E-state index contributed by atoms with van der Waals surface area (Å²) in [5.74, 6) is -3.72. The zero-order valence-corrected chi connectivity index (χ0v) is 19.6. The first-order valence-corrected chi connectivity index (χ1v) is 12.5. The molecule has 0 bridgehead atoms. The second kappa shape index (κ2) is 11.4. The quantitative estimate of drug-likeness (QED) is 0.506. The third-order valence-corrected chi connectivity index (χ3v) is 8.65. The van der Waals surface area contributed by atoms with Crippen LogP contribution >= 0.6 is 0 Å². The summed E-state index contributed by atoms with van der Waals surface area (Å²) in [5.41, 5.74) is 0. The van der Waals surface area contributed by atoms with Gasteiger partial charge in [0.25, 0.3) is 0 Å². The molecule has 1 aromatic carbocycles. The van der Waals surface area contributed by atoms with Crippen LogP contribution in [0.1, 0.15) is 20.8 Å². The average Bonchev–Trinajstić information content (AvgIpc) is 2.75. The molecule has 180 valence electrons. The molecule has 1 aliphatic rings. The van der Waals surface area contributed by atoms with E-state index in [1.807, 2.05) is 0 Å². The van der Waals surface area contributed by atoms with Crippen molar-refractivity contribution in [2.45, 2.75) is 30.6 Å². The van der Waals surface area contributed by atoms with E-state index in [2.05, 4.69) is 0 Å². The summed E-state index contributed by atoms with van der Waals surface area (Å²) in [6.45, 7) is 6.80. The van der Waals surface area contributed by atoms with Crippen LogP contribution in [0, 0.1) is 0 Å². The van der Waals surface area contributed by atoms with E-state index in [4.69, 9.17) is 19.8 Å². The van der Waals surface area contributed by atoms with Crippen molar-refractivity contribution < 1.29 is 41.4 Å². The minimum absolute atomic E-state index is 0.0484. The van der Waals surface area contributed by atoms with Gasteiger partial charge in [-0.1, -0.05) is 13.8 Å². The Morgan fingerprint density at radius 2 is 1.25 bits per heavy atom. The molecule has 1 aliphatic heterocycles. The zero-order chi connectivity index (χ0) is 24.7. The van der Waals surface area contributed by atoms with Gasteiger partial charge in [0.2, 0.25) is 26.0 Å². The first-order valence-electron chi connectivity index (χ1n) is 9.61. The van der Waals surface area contributed by atoms with E-state index in [0.717, 1.165) is 0 Å². The number of piperazine rings is 1. The SMILES string of the molecule is CCN(CC)S(=O)(=O)c1ccc(S(=O)(=O)N2CCN(C(C)=O)CC2)cc1.O=C(O)C(=O)O. The smallest absolute Gasteiger partial charge is 0.414 e. The number of rotatable bonds is 6. The number of sulfonamides is 2. The Kier molecular flexibility index (Phi) is 9.75. The fraction of sp³-hybridized carbons (Fsp3) is 0.500. The predicted molar refractivity (Wildman–Crippen MR) is 113 cm³/mol. The second-order valence-electron chi connectivity index (χ2n) is 6.58. The molecule has 2 N–H and O–H groups in total. The van der Waals surface area contributed by atoms with Crippen molar-refractivity contribution in [3.63, 3.8) is 0 Å². The Morgan fingerprint density at radius 1 is 0.844 bits per heavy atom. The van der Waals surface area contributed by atoms with Gasteiger partial charge in [-0.3, -0.25) is 4.79 Å². The molecule has 0 aliphatic carbocycles. The first kappa shape index (κ1) is 27.5. The van der Waals surface area contributed by atoms with Gasteiger partial charge in [0, 0.05) is 46.2 Å². The van der Waals surface area contributed by atoms with Crippen LogP contribution < -0.4 is 0 Å². The van der Waals surface area contributed by atoms with Crippen molar-refractivity contribution in [2.24, 2.45) is 0 Å². The van der Waals surface area contributed by atoms with Crippen LogP contribution in [0.5, 0.6) is 0 Å². The Bertz CT molecular complexity index is 1010. The lowest BCUT2D eigenvalue weighted by Gasteiger charge is -2.33. The molecular weight excluding hydrogens is 466 g/mol. The van der Waals surface area contributed by atoms with Crippen molar-refractivity contribution in [2.75, 3.05) is 39.3 Å². The maximum atomic E-state index is 12.7. The molecular formula is C18H27N3O9S2. The topological polar surface area (TPSA) is 170 Å². The molecule has 1 aromatic rings. The molecule has 1 amide bonds. The van der Waals surface area contributed by atoms with Gasteiger partial charge in [-0.2, -0.15) is 8.61 Å². The number of carboxylic acid groups (broad SMARTS) is 2. The highest BCUT2D eigenvalue weighted by molar-refractivity contribution is 7.89. The Balaban J connectivity index is 0.000000751. The van der Waals surface area contributed by atoms with Crippen molar-refractivity contribution in [3.05, 3.63) is 24.3 Å². The average molecular weight is 494 g/mol. The van der Waals surface area contributed by atoms with E-state index in [-0.39, 0.29) is 28.8 Å². The molecule has 0 aromatic heterocycles. The van der Waals surface area contributed by atoms with E-state index in [1.165, 1.54) is 39.8 Å². The largest absolute Gasteiger partial charge is 0.473 e. The van der Waals surface area contributed by atoms with Gasteiger partial charge in [0.15, 0.2) is 0 Å². The molecule has 0 saturated carbocycles. The van der Waals surface area contributed by atoms with E-state index < -0.39 is 32.0 Å². The summed E-state index contributed by atoms with van der Waals surface area (Å²) < 4.78 is 53.1. The molecule has 2 rings (SSSR count). The van der Waals surface area contributed by atoms with Gasteiger partial charge in [-0.25, -0.2) is 26.4 Å². The number of carboxylic acids is 2. The lowest BCUT2D eigenvalue weighted by molar-refractivity contribution is -0.159. The monoisotopic (exact) mass is 493 g/mol. The van der Waals surface area contributed by atoms with Crippen LogP contribution in [0.4, 0.5) is 0 Å². The summed E-state index contributed by atoms with van der Waals surface area (Å²) in [4.78, 5) is 31.3. The van der Waals surface area contributed by atoms with E-state index in [9.17, 15) is 21.6 Å². The zero-order valence-electron chi connectivity index (χ0n) is 18.0. The molecule has 32 heavy (non-hydrogen) atoms. The fourth-order valence-electron chi connectivity index (χ4n) is 2.89. The number of carbonyl (C=O) groups is 3. The van der Waals surface area contributed by atoms with Crippen LogP contribution in [0.25, 0.3) is 0 Å². The second-order valence-corrected chi connectivity index (χ2v) is 10.5. The van der Waals surface area contributed by atoms with E-state index in [0.29, 0.717) is 26.2 Å². The number of aliphatic carboxylic acids is 2. The lowest BCUT2D eigenvalue weighted by Crippen LogP contribution is -2.49. The molecule has 0 spiro atoms. The Hall–Kier alpha value is -2.55. The summed E-state index contributed by atoms with van der Waals surface area (Å²) in [5, 5.41) is 14.8. The van der Waals surface area contributed by atoms with E-state index >= 15 is 0 Å². The molecule has 1 fully saturated rings. The molecule has 0 unspecified atom stereocenters. The van der Waals surface area contributed by atoms with Gasteiger partial charge in [0.05, 0.1) is 9.79 Å². The third-order valence-electron chi connectivity index (χ3n) is 4.67. The van der Waals surface area contributed by atoms with Crippen LogP contribution in [-0.2, 0) is 34.4 Å². The van der Waals surface area contributed by atoms with E-state index in [1.54, 1.807) is 18.7 Å². The predicted octanol–water partition coefficient (Wildman–Crippen LogP) is -0.274. The highest BCUT2D eigenvalue weighted by Gasteiger charge is 2.30. The van der Waals surface area contributed by atoms with Crippen LogP contribution in [0.2, 0.25) is 0 Å². The molecule has 1 saturated heterocycles. The first-order chi connectivity index (χ1) is 14.8. The van der Waals surface area contributed by atoms with Gasteiger partial charge in [0.1, 0.15) is 0 Å². The third kappa shape index (κ3) is 6.72. The molecule has 0 radical (unpaired) electrons. The summed E-state index contributed by atoms with van der Waals surface area (Å²) in [6.07, 6.45) is 0. The molecule has 12 nitrogen and oxygen atoms in total. The van der Waals surface area contributed by atoms with Crippen molar-refractivity contribution in [1.82, 2.24) is 13.5 Å². The van der Waals surface area contributed by atoms with Crippen LogP contribution in [0.3, 0.4) is 0 Å². The number of hydrogen-bond acceptors (Lipinski definition) is 7. The number of hydrogen-bond donors (Lipinski definition) is 2. The van der Waals surface area contributed by atoms with Crippen LogP contribution in [-0.4, -0.2) is 97.7 Å². The fourth-order valence-corrected chi connectivity index (χ4v) is 5.77. The van der Waals surface area contributed by atoms with Crippen LogP contribution in [0.15, 0.2) is 34.1 Å².